The van der Waals surface area contributed by atoms with Crippen LogP contribution in [-0.2, 0) is 18.0 Å². The Morgan fingerprint density at radius 3 is 2.38 bits per heavy atom. The molecule has 74 valence electrons. The summed E-state index contributed by atoms with van der Waals surface area (Å²) in [4.78, 5) is 0. The van der Waals surface area contributed by atoms with E-state index in [-0.39, 0.29) is 12.2 Å². The number of ether oxygens (including phenoxy) is 1. The van der Waals surface area contributed by atoms with Gasteiger partial charge in [0.15, 0.2) is 0 Å². The Balaban J connectivity index is 2.46. The summed E-state index contributed by atoms with van der Waals surface area (Å²) in [6, 6.07) is 3.57. The highest BCUT2D eigenvalue weighted by atomic mass is 16.5. The van der Waals surface area contributed by atoms with Crippen LogP contribution in [0.3, 0.4) is 0 Å². The molecule has 0 radical (unpaired) electrons. The molecular weight excluding hydrogens is 168 g/mol. The molecule has 3 nitrogen and oxygen atoms in total. The topological polar surface area (TPSA) is 42.6 Å². The Morgan fingerprint density at radius 2 is 1.92 bits per heavy atom. The maximum Gasteiger partial charge on any atom is 0.130 e. The van der Waals surface area contributed by atoms with Gasteiger partial charge in [-0.25, -0.2) is 0 Å². The molecule has 0 aliphatic rings. The summed E-state index contributed by atoms with van der Waals surface area (Å²) in [6.45, 7) is 6.35. The van der Waals surface area contributed by atoms with E-state index < -0.39 is 0 Å². The molecule has 1 rings (SSSR count). The second-order valence-electron chi connectivity index (χ2n) is 3.93. The molecule has 0 amide bonds. The first kappa shape index (κ1) is 10.3. The predicted molar refractivity (Wildman–Crippen MR) is 49.2 cm³/mol. The highest BCUT2D eigenvalue weighted by Crippen LogP contribution is 2.14. The average Bonchev–Trinajstić information content (AvgIpc) is 2.47. The van der Waals surface area contributed by atoms with Crippen molar-refractivity contribution in [3.8, 4) is 0 Å². The van der Waals surface area contributed by atoms with Crippen molar-refractivity contribution in [2.45, 2.75) is 39.6 Å². The zero-order valence-electron chi connectivity index (χ0n) is 8.33. The van der Waals surface area contributed by atoms with Gasteiger partial charge in [0.25, 0.3) is 0 Å². The van der Waals surface area contributed by atoms with Crippen molar-refractivity contribution < 1.29 is 14.3 Å². The van der Waals surface area contributed by atoms with Gasteiger partial charge in [-0.1, -0.05) is 0 Å². The minimum Gasteiger partial charge on any atom is -0.461 e. The first-order valence-corrected chi connectivity index (χ1v) is 4.34. The lowest BCUT2D eigenvalue weighted by Crippen LogP contribution is -2.18. The van der Waals surface area contributed by atoms with E-state index in [0.29, 0.717) is 12.4 Å². The minimum absolute atomic E-state index is 0.0600. The maximum absolute atomic E-state index is 8.74. The molecule has 3 heteroatoms. The number of hydrogen-bond acceptors (Lipinski definition) is 3. The highest BCUT2D eigenvalue weighted by molar-refractivity contribution is 5.05. The van der Waals surface area contributed by atoms with E-state index in [1.807, 2.05) is 26.8 Å². The van der Waals surface area contributed by atoms with Crippen LogP contribution < -0.4 is 0 Å². The van der Waals surface area contributed by atoms with Gasteiger partial charge in [-0.05, 0) is 32.9 Å². The molecule has 0 aliphatic carbocycles. The zero-order valence-corrected chi connectivity index (χ0v) is 8.33. The molecule has 1 aromatic heterocycles. The fraction of sp³-hybridized carbons (Fsp3) is 0.600. The van der Waals surface area contributed by atoms with Crippen LogP contribution in [-0.4, -0.2) is 10.7 Å². The molecule has 0 bridgehead atoms. The summed E-state index contributed by atoms with van der Waals surface area (Å²) in [5, 5.41) is 8.74. The van der Waals surface area contributed by atoms with Crippen molar-refractivity contribution in [1.29, 1.82) is 0 Å². The standard InChI is InChI=1S/C10H16O3/c1-10(2,3)12-7-9-5-4-8(6-11)13-9/h4-5,11H,6-7H2,1-3H3. The second kappa shape index (κ2) is 3.94. The molecule has 1 N–H and O–H groups in total. The second-order valence-corrected chi connectivity index (χ2v) is 3.93. The van der Waals surface area contributed by atoms with E-state index in [1.54, 1.807) is 6.07 Å². The monoisotopic (exact) mass is 184 g/mol. The summed E-state index contributed by atoms with van der Waals surface area (Å²) in [6.07, 6.45) is 0. The van der Waals surface area contributed by atoms with Gasteiger partial charge >= 0.3 is 0 Å². The molecule has 0 fully saturated rings. The van der Waals surface area contributed by atoms with Crippen molar-refractivity contribution in [3.63, 3.8) is 0 Å². The van der Waals surface area contributed by atoms with Crippen LogP contribution in [0.15, 0.2) is 16.5 Å². The van der Waals surface area contributed by atoms with Crippen LogP contribution in [0, 0.1) is 0 Å². The van der Waals surface area contributed by atoms with Crippen LogP contribution in [0.25, 0.3) is 0 Å². The third-order valence-electron chi connectivity index (χ3n) is 1.52. The highest BCUT2D eigenvalue weighted by Gasteiger charge is 2.11. The number of hydrogen-bond donors (Lipinski definition) is 1. The summed E-state index contributed by atoms with van der Waals surface area (Å²) in [5.74, 6) is 1.33. The van der Waals surface area contributed by atoms with Gasteiger partial charge in [-0.3, -0.25) is 0 Å². The number of aliphatic hydroxyl groups excluding tert-OH is 1. The van der Waals surface area contributed by atoms with E-state index in [9.17, 15) is 0 Å². The zero-order chi connectivity index (χ0) is 9.90. The van der Waals surface area contributed by atoms with Crippen LogP contribution in [0.1, 0.15) is 32.3 Å². The molecule has 0 spiro atoms. The summed E-state index contributed by atoms with van der Waals surface area (Å²) >= 11 is 0. The number of rotatable bonds is 3. The van der Waals surface area contributed by atoms with Gasteiger partial charge < -0.3 is 14.3 Å². The van der Waals surface area contributed by atoms with Gasteiger partial charge in [0.2, 0.25) is 0 Å². The Bertz CT molecular complexity index is 257. The average molecular weight is 184 g/mol. The van der Waals surface area contributed by atoms with E-state index in [1.165, 1.54) is 0 Å². The first-order valence-electron chi connectivity index (χ1n) is 4.34. The van der Waals surface area contributed by atoms with E-state index in [2.05, 4.69) is 0 Å². The lowest BCUT2D eigenvalue weighted by molar-refractivity contribution is -0.0230. The minimum atomic E-state index is -0.161. The molecule has 1 aromatic rings. The van der Waals surface area contributed by atoms with Crippen molar-refractivity contribution in [2.75, 3.05) is 0 Å². The van der Waals surface area contributed by atoms with E-state index in [4.69, 9.17) is 14.3 Å². The summed E-state index contributed by atoms with van der Waals surface area (Å²) < 4.78 is 10.8. The van der Waals surface area contributed by atoms with E-state index in [0.717, 1.165) is 5.76 Å². The van der Waals surface area contributed by atoms with E-state index >= 15 is 0 Å². The first-order chi connectivity index (χ1) is 6.01. The Kier molecular flexibility index (Phi) is 3.12. The Labute approximate surface area is 78.3 Å². The quantitative estimate of drug-likeness (QED) is 0.782. The molecule has 13 heavy (non-hydrogen) atoms. The van der Waals surface area contributed by atoms with Crippen molar-refractivity contribution >= 4 is 0 Å². The normalized spacial score (nSPS) is 12.0. The fourth-order valence-electron chi connectivity index (χ4n) is 0.873. The molecule has 0 aromatic carbocycles. The van der Waals surface area contributed by atoms with Crippen LogP contribution in [0.4, 0.5) is 0 Å². The van der Waals surface area contributed by atoms with Gasteiger partial charge in [-0.2, -0.15) is 0 Å². The van der Waals surface area contributed by atoms with Gasteiger partial charge in [-0.15, -0.1) is 0 Å². The predicted octanol–water partition coefficient (Wildman–Crippen LogP) is 2.09. The lowest BCUT2D eigenvalue weighted by atomic mass is 10.2. The molecule has 0 atom stereocenters. The largest absolute Gasteiger partial charge is 0.461 e. The van der Waals surface area contributed by atoms with Gasteiger partial charge in [0.05, 0.1) is 5.60 Å². The number of aliphatic hydroxyl groups is 1. The van der Waals surface area contributed by atoms with Crippen molar-refractivity contribution in [3.05, 3.63) is 23.7 Å². The number of furan rings is 1. The van der Waals surface area contributed by atoms with Gasteiger partial charge in [0.1, 0.15) is 24.7 Å². The third kappa shape index (κ3) is 3.61. The lowest BCUT2D eigenvalue weighted by Gasteiger charge is -2.18. The fourth-order valence-corrected chi connectivity index (χ4v) is 0.873. The smallest absolute Gasteiger partial charge is 0.130 e. The van der Waals surface area contributed by atoms with Crippen molar-refractivity contribution in [1.82, 2.24) is 0 Å². The summed E-state index contributed by atoms with van der Waals surface area (Å²) in [5.41, 5.74) is -0.161. The molecular formula is C10H16O3. The molecule has 1 heterocycles. The van der Waals surface area contributed by atoms with Crippen LogP contribution in [0.5, 0.6) is 0 Å². The molecule has 0 saturated carbocycles. The third-order valence-corrected chi connectivity index (χ3v) is 1.52. The molecule has 0 aliphatic heterocycles. The molecule has 0 saturated heterocycles. The Hall–Kier alpha value is -0.800. The molecule has 0 unspecified atom stereocenters. The van der Waals surface area contributed by atoms with Crippen LogP contribution in [0.2, 0.25) is 0 Å². The van der Waals surface area contributed by atoms with Crippen LogP contribution >= 0.6 is 0 Å². The maximum atomic E-state index is 8.74. The summed E-state index contributed by atoms with van der Waals surface area (Å²) in [7, 11) is 0. The SMILES string of the molecule is CC(C)(C)OCc1ccc(CO)o1. The van der Waals surface area contributed by atoms with Gasteiger partial charge in [0, 0.05) is 0 Å². The Morgan fingerprint density at radius 1 is 1.31 bits per heavy atom. The van der Waals surface area contributed by atoms with Crippen molar-refractivity contribution in [2.24, 2.45) is 0 Å².